The molecule has 7 unspecified atom stereocenters. The minimum Gasteiger partial charge on any atom is -0.394 e. The molecule has 1 aliphatic heterocycles. The Morgan fingerprint density at radius 1 is 0.461 bits per heavy atom. The summed E-state index contributed by atoms with van der Waals surface area (Å²) < 4.78 is 11.4. The second kappa shape index (κ2) is 56.2. The van der Waals surface area contributed by atoms with Crippen LogP contribution >= 0.6 is 0 Å². The molecule has 1 aliphatic rings. The predicted octanol–water partition coefficient (Wildman–Crippen LogP) is 17.0. The molecule has 0 aliphatic carbocycles. The lowest BCUT2D eigenvalue weighted by molar-refractivity contribution is -0.302. The molecule has 1 rings (SSSR count). The van der Waals surface area contributed by atoms with E-state index in [1.165, 1.54) is 205 Å². The van der Waals surface area contributed by atoms with Crippen LogP contribution in [0.5, 0.6) is 0 Å². The summed E-state index contributed by atoms with van der Waals surface area (Å²) in [7, 11) is 0. The number of allylic oxidation sites excluding steroid dienone is 10. The van der Waals surface area contributed by atoms with Crippen LogP contribution in [0.25, 0.3) is 0 Å². The fourth-order valence-corrected chi connectivity index (χ4v) is 10.3. The highest BCUT2D eigenvalue weighted by Gasteiger charge is 2.44. The lowest BCUT2D eigenvalue weighted by Crippen LogP contribution is -2.60. The first kappa shape index (κ1) is 71.9. The average Bonchev–Trinajstić information content (AvgIpc) is 3.42. The van der Waals surface area contributed by atoms with Crippen molar-refractivity contribution in [1.82, 2.24) is 5.32 Å². The molecule has 76 heavy (non-hydrogen) atoms. The van der Waals surface area contributed by atoms with Gasteiger partial charge < -0.3 is 40.3 Å². The van der Waals surface area contributed by atoms with E-state index >= 15 is 0 Å². The quantitative estimate of drug-likeness (QED) is 0.0261. The SMILES string of the molecule is CC/C=C\C/C=C\C/C=C\C/C=C\C/C=C\CCCCCCCCCCCCCCCCCC(=O)NC(COC1OC(CO)C(O)C(O)C1O)C(O)CCCCCCCCCCCCCCCCCCCCCCCC. The van der Waals surface area contributed by atoms with Crippen molar-refractivity contribution < 1.29 is 39.8 Å². The van der Waals surface area contributed by atoms with Crippen LogP contribution in [-0.4, -0.2) is 87.5 Å². The molecule has 0 aromatic rings. The fraction of sp³-hybridized carbons (Fsp3) is 0.836. The largest absolute Gasteiger partial charge is 0.394 e. The van der Waals surface area contributed by atoms with E-state index in [1.807, 2.05) is 0 Å². The molecule has 9 heteroatoms. The Balaban J connectivity index is 2.14. The second-order valence-corrected chi connectivity index (χ2v) is 22.5. The second-order valence-electron chi connectivity index (χ2n) is 22.5. The summed E-state index contributed by atoms with van der Waals surface area (Å²) in [6.07, 6.45) is 69.8. The first-order valence-corrected chi connectivity index (χ1v) is 32.5. The Morgan fingerprint density at radius 3 is 1.21 bits per heavy atom. The van der Waals surface area contributed by atoms with Gasteiger partial charge in [0.15, 0.2) is 6.29 Å². The number of hydrogen-bond acceptors (Lipinski definition) is 8. The molecular weight excluding hydrogens is 947 g/mol. The molecule has 0 radical (unpaired) electrons. The highest BCUT2D eigenvalue weighted by atomic mass is 16.7. The average molecular weight is 1070 g/mol. The van der Waals surface area contributed by atoms with E-state index in [4.69, 9.17) is 9.47 Å². The molecule has 1 heterocycles. The van der Waals surface area contributed by atoms with Crippen molar-refractivity contribution >= 4 is 5.91 Å². The van der Waals surface area contributed by atoms with Crippen LogP contribution in [0.15, 0.2) is 60.8 Å². The van der Waals surface area contributed by atoms with Crippen LogP contribution in [0, 0.1) is 0 Å². The molecule has 444 valence electrons. The van der Waals surface area contributed by atoms with E-state index in [0.29, 0.717) is 12.8 Å². The zero-order valence-corrected chi connectivity index (χ0v) is 49.5. The topological polar surface area (TPSA) is 149 Å². The van der Waals surface area contributed by atoms with Gasteiger partial charge in [0.1, 0.15) is 24.4 Å². The van der Waals surface area contributed by atoms with Gasteiger partial charge in [-0.1, -0.05) is 299 Å². The van der Waals surface area contributed by atoms with Gasteiger partial charge in [-0.25, -0.2) is 0 Å². The zero-order valence-electron chi connectivity index (χ0n) is 49.5. The third-order valence-corrected chi connectivity index (χ3v) is 15.4. The maximum atomic E-state index is 13.1. The van der Waals surface area contributed by atoms with Crippen molar-refractivity contribution in [3.05, 3.63) is 60.8 Å². The number of rotatable bonds is 56. The predicted molar refractivity (Wildman–Crippen MR) is 322 cm³/mol. The molecule has 1 amide bonds. The van der Waals surface area contributed by atoms with E-state index in [9.17, 15) is 30.3 Å². The first-order chi connectivity index (χ1) is 37.3. The minimum atomic E-state index is -1.56. The van der Waals surface area contributed by atoms with Crippen LogP contribution in [-0.2, 0) is 14.3 Å². The number of carbonyl (C=O) groups is 1. The van der Waals surface area contributed by atoms with Crippen LogP contribution in [0.4, 0.5) is 0 Å². The minimum absolute atomic E-state index is 0.137. The van der Waals surface area contributed by atoms with Gasteiger partial charge >= 0.3 is 0 Å². The Kier molecular flexibility index (Phi) is 53.1. The first-order valence-electron chi connectivity index (χ1n) is 32.5. The third kappa shape index (κ3) is 44.7. The number of aliphatic hydroxyl groups excluding tert-OH is 5. The van der Waals surface area contributed by atoms with Gasteiger partial charge in [0, 0.05) is 6.42 Å². The fourth-order valence-electron chi connectivity index (χ4n) is 10.3. The molecule has 7 atom stereocenters. The standard InChI is InChI=1S/C67H123NO8/c1-3-5-7-9-11-13-15-17-19-21-23-25-27-28-29-30-31-32-33-34-35-37-39-41-43-45-47-49-51-53-55-57-63(71)68-60(59-75-67-66(74)65(73)64(72)62(58-69)76-67)61(70)56-54-52-50-48-46-44-42-40-38-36-26-24-22-20-18-16-14-12-10-8-6-4-2/h5,7,11,13,17,19,23,25,28-29,60-62,64-67,69-70,72-74H,3-4,6,8-10,12,14-16,18,20-22,24,26-27,30-59H2,1-2H3,(H,68,71)/b7-5-,13-11-,19-17-,25-23-,29-28-. The molecule has 6 N–H and O–H groups in total. The number of carbonyl (C=O) groups excluding carboxylic acids is 1. The highest BCUT2D eigenvalue weighted by Crippen LogP contribution is 2.23. The number of aliphatic hydroxyl groups is 5. The van der Waals surface area contributed by atoms with Gasteiger partial charge in [0.2, 0.25) is 5.91 Å². The van der Waals surface area contributed by atoms with E-state index < -0.39 is 49.5 Å². The Morgan fingerprint density at radius 2 is 0.816 bits per heavy atom. The summed E-state index contributed by atoms with van der Waals surface area (Å²) in [6.45, 7) is 3.76. The summed E-state index contributed by atoms with van der Waals surface area (Å²) in [5.74, 6) is -0.142. The van der Waals surface area contributed by atoms with Gasteiger partial charge in [-0.15, -0.1) is 0 Å². The van der Waals surface area contributed by atoms with Crippen molar-refractivity contribution in [2.45, 2.75) is 346 Å². The number of amides is 1. The van der Waals surface area contributed by atoms with Crippen LogP contribution < -0.4 is 5.32 Å². The number of nitrogens with one attached hydrogen (secondary N) is 1. The van der Waals surface area contributed by atoms with Gasteiger partial charge in [-0.05, 0) is 57.8 Å². The zero-order chi connectivity index (χ0) is 55.0. The molecule has 0 saturated carbocycles. The Bertz CT molecular complexity index is 1380. The van der Waals surface area contributed by atoms with Gasteiger partial charge in [-0.3, -0.25) is 4.79 Å². The monoisotopic (exact) mass is 1070 g/mol. The smallest absolute Gasteiger partial charge is 0.220 e. The number of unbranched alkanes of at least 4 members (excludes halogenated alkanes) is 36. The van der Waals surface area contributed by atoms with E-state index in [-0.39, 0.29) is 12.5 Å². The lowest BCUT2D eigenvalue weighted by Gasteiger charge is -2.40. The third-order valence-electron chi connectivity index (χ3n) is 15.4. The van der Waals surface area contributed by atoms with Gasteiger partial charge in [0.05, 0.1) is 25.4 Å². The van der Waals surface area contributed by atoms with Gasteiger partial charge in [-0.2, -0.15) is 0 Å². The maximum Gasteiger partial charge on any atom is 0.220 e. The Labute approximate surface area is 468 Å². The lowest BCUT2D eigenvalue weighted by atomic mass is 9.99. The van der Waals surface area contributed by atoms with E-state index in [2.05, 4.69) is 79.9 Å². The number of hydrogen-bond donors (Lipinski definition) is 6. The van der Waals surface area contributed by atoms with Crippen molar-refractivity contribution in [2.75, 3.05) is 13.2 Å². The summed E-state index contributed by atoms with van der Waals surface area (Å²) in [4.78, 5) is 13.1. The van der Waals surface area contributed by atoms with Crippen LogP contribution in [0.1, 0.15) is 303 Å². The molecule has 0 aromatic carbocycles. The van der Waals surface area contributed by atoms with Crippen molar-refractivity contribution in [3.8, 4) is 0 Å². The summed E-state index contributed by atoms with van der Waals surface area (Å²) in [5.41, 5.74) is 0. The molecule has 1 fully saturated rings. The van der Waals surface area contributed by atoms with Crippen molar-refractivity contribution in [2.24, 2.45) is 0 Å². The molecule has 0 aromatic heterocycles. The highest BCUT2D eigenvalue weighted by molar-refractivity contribution is 5.76. The van der Waals surface area contributed by atoms with E-state index in [1.54, 1.807) is 0 Å². The Hall–Kier alpha value is -2.11. The van der Waals surface area contributed by atoms with Crippen molar-refractivity contribution in [1.29, 1.82) is 0 Å². The molecule has 0 spiro atoms. The van der Waals surface area contributed by atoms with Crippen LogP contribution in [0.3, 0.4) is 0 Å². The van der Waals surface area contributed by atoms with E-state index in [0.717, 1.165) is 70.6 Å². The van der Waals surface area contributed by atoms with Gasteiger partial charge in [0.25, 0.3) is 0 Å². The molecular formula is C67H123NO8. The molecule has 9 nitrogen and oxygen atoms in total. The molecule has 0 bridgehead atoms. The summed E-state index contributed by atoms with van der Waals surface area (Å²) >= 11 is 0. The maximum absolute atomic E-state index is 13.1. The van der Waals surface area contributed by atoms with Crippen LogP contribution in [0.2, 0.25) is 0 Å². The normalized spacial score (nSPS) is 19.2. The van der Waals surface area contributed by atoms with Crippen molar-refractivity contribution in [3.63, 3.8) is 0 Å². The molecule has 1 saturated heterocycles. The number of ether oxygens (including phenoxy) is 2. The summed E-state index contributed by atoms with van der Waals surface area (Å²) in [6, 6.07) is -0.722. The summed E-state index contributed by atoms with van der Waals surface area (Å²) in [5, 5.41) is 54.9.